The van der Waals surface area contributed by atoms with Crippen LogP contribution in [-0.4, -0.2) is 65.3 Å². The molecule has 1 heterocycles. The van der Waals surface area contributed by atoms with Crippen LogP contribution in [0.5, 0.6) is 0 Å². The summed E-state index contributed by atoms with van der Waals surface area (Å²) in [6, 6.07) is -0.304. The van der Waals surface area contributed by atoms with E-state index < -0.39 is 17.5 Å². The summed E-state index contributed by atoms with van der Waals surface area (Å²) in [5.41, 5.74) is -0.900. The zero-order valence-corrected chi connectivity index (χ0v) is 15.3. The maximum atomic E-state index is 12.7. The number of carbonyl (C=O) groups is 4. The fourth-order valence-electron chi connectivity index (χ4n) is 3.20. The van der Waals surface area contributed by atoms with Crippen LogP contribution >= 0.6 is 0 Å². The third kappa shape index (κ3) is 4.49. The Morgan fingerprint density at radius 1 is 1.24 bits per heavy atom. The van der Waals surface area contributed by atoms with Crippen LogP contribution < -0.4 is 10.6 Å². The van der Waals surface area contributed by atoms with E-state index in [-0.39, 0.29) is 30.9 Å². The van der Waals surface area contributed by atoms with Gasteiger partial charge < -0.3 is 15.5 Å². The van der Waals surface area contributed by atoms with Gasteiger partial charge in [0.05, 0.1) is 6.54 Å². The summed E-state index contributed by atoms with van der Waals surface area (Å²) in [7, 11) is 1.50. The molecule has 0 radical (unpaired) electrons. The van der Waals surface area contributed by atoms with Crippen molar-refractivity contribution in [1.82, 2.24) is 20.4 Å². The van der Waals surface area contributed by atoms with Gasteiger partial charge >= 0.3 is 6.03 Å². The zero-order chi connectivity index (χ0) is 18.6. The molecule has 0 spiro atoms. The highest BCUT2D eigenvalue weighted by Crippen LogP contribution is 2.28. The normalized spacial score (nSPS) is 18.9. The van der Waals surface area contributed by atoms with E-state index in [2.05, 4.69) is 10.6 Å². The van der Waals surface area contributed by atoms with E-state index in [4.69, 9.17) is 0 Å². The van der Waals surface area contributed by atoms with Crippen molar-refractivity contribution >= 4 is 23.8 Å². The molecule has 8 heteroatoms. The standard InChI is InChI=1S/C17H28N4O4/c1-4-8-17(9-5-2)15(24)21(16(25)19-17)11-14(23)20(3)10-13(22)18-12-6-7-12/h12H,4-11H2,1-3H3,(H,18,22)(H,19,25). The number of nitrogens with zero attached hydrogens (tertiary/aromatic N) is 2. The Bertz CT molecular complexity index is 553. The SMILES string of the molecule is CCCC1(CCC)NC(=O)N(CC(=O)N(C)CC(=O)NC2CC2)C1=O. The van der Waals surface area contributed by atoms with E-state index >= 15 is 0 Å². The van der Waals surface area contributed by atoms with Crippen LogP contribution in [0.2, 0.25) is 0 Å². The summed E-state index contributed by atoms with van der Waals surface area (Å²) in [4.78, 5) is 51.3. The number of amides is 5. The van der Waals surface area contributed by atoms with Crippen molar-refractivity contribution in [3.63, 3.8) is 0 Å². The van der Waals surface area contributed by atoms with Crippen molar-refractivity contribution in [3.05, 3.63) is 0 Å². The predicted octanol–water partition coefficient (Wildman–Crippen LogP) is 0.614. The summed E-state index contributed by atoms with van der Waals surface area (Å²) >= 11 is 0. The largest absolute Gasteiger partial charge is 0.352 e. The van der Waals surface area contributed by atoms with Crippen LogP contribution in [-0.2, 0) is 14.4 Å². The van der Waals surface area contributed by atoms with Gasteiger partial charge in [-0.3, -0.25) is 19.3 Å². The zero-order valence-electron chi connectivity index (χ0n) is 15.3. The molecular formula is C17H28N4O4. The van der Waals surface area contributed by atoms with E-state index in [1.807, 2.05) is 13.8 Å². The highest BCUT2D eigenvalue weighted by atomic mass is 16.2. The Labute approximate surface area is 148 Å². The number of carbonyl (C=O) groups excluding carboxylic acids is 4. The van der Waals surface area contributed by atoms with Crippen LogP contribution in [0.1, 0.15) is 52.4 Å². The molecule has 140 valence electrons. The number of nitrogens with one attached hydrogen (secondary N) is 2. The summed E-state index contributed by atoms with van der Waals surface area (Å²) in [6.07, 6.45) is 4.57. The maximum absolute atomic E-state index is 12.7. The molecule has 2 fully saturated rings. The Kier molecular flexibility index (Phi) is 6.02. The molecule has 0 bridgehead atoms. The van der Waals surface area contributed by atoms with Crippen molar-refractivity contribution in [3.8, 4) is 0 Å². The molecule has 2 rings (SSSR count). The highest BCUT2D eigenvalue weighted by molar-refractivity contribution is 6.09. The number of urea groups is 1. The predicted molar refractivity (Wildman–Crippen MR) is 91.6 cm³/mol. The van der Waals surface area contributed by atoms with Gasteiger partial charge in [0, 0.05) is 13.1 Å². The van der Waals surface area contributed by atoms with E-state index in [1.54, 1.807) is 0 Å². The molecule has 25 heavy (non-hydrogen) atoms. The van der Waals surface area contributed by atoms with E-state index in [0.717, 1.165) is 30.6 Å². The quantitative estimate of drug-likeness (QED) is 0.594. The Morgan fingerprint density at radius 3 is 2.36 bits per heavy atom. The average Bonchev–Trinajstić information content (AvgIpc) is 3.31. The third-order valence-corrected chi connectivity index (χ3v) is 4.64. The Hall–Kier alpha value is -2.12. The fourth-order valence-corrected chi connectivity index (χ4v) is 3.20. The lowest BCUT2D eigenvalue weighted by Gasteiger charge is -2.26. The first-order valence-electron chi connectivity index (χ1n) is 9.00. The summed E-state index contributed by atoms with van der Waals surface area (Å²) in [5.74, 6) is -0.995. The van der Waals surface area contributed by atoms with E-state index in [1.165, 1.54) is 11.9 Å². The van der Waals surface area contributed by atoms with E-state index in [9.17, 15) is 19.2 Å². The third-order valence-electron chi connectivity index (χ3n) is 4.64. The number of likely N-dealkylation sites (N-methyl/N-ethyl adjacent to an activating group) is 1. The van der Waals surface area contributed by atoms with Gasteiger partial charge in [0.15, 0.2) is 0 Å². The Balaban J connectivity index is 1.95. The molecule has 0 aromatic rings. The molecule has 1 saturated carbocycles. The molecule has 5 amide bonds. The average molecular weight is 352 g/mol. The first kappa shape index (κ1) is 19.2. The minimum Gasteiger partial charge on any atom is -0.352 e. The first-order chi connectivity index (χ1) is 11.8. The molecule has 2 aliphatic rings. The molecule has 8 nitrogen and oxygen atoms in total. The number of rotatable bonds is 9. The topological polar surface area (TPSA) is 98.8 Å². The van der Waals surface area contributed by atoms with Gasteiger partial charge in [-0.1, -0.05) is 26.7 Å². The lowest BCUT2D eigenvalue weighted by atomic mass is 9.88. The minimum atomic E-state index is -0.900. The molecule has 0 atom stereocenters. The van der Waals surface area contributed by atoms with Gasteiger partial charge in [0.1, 0.15) is 12.1 Å². The van der Waals surface area contributed by atoms with Gasteiger partial charge in [0.25, 0.3) is 5.91 Å². The second kappa shape index (κ2) is 7.84. The second-order valence-electron chi connectivity index (χ2n) is 7.00. The fraction of sp³-hybridized carbons (Fsp3) is 0.765. The highest BCUT2D eigenvalue weighted by Gasteiger charge is 2.50. The Morgan fingerprint density at radius 2 is 1.84 bits per heavy atom. The molecule has 0 unspecified atom stereocenters. The van der Waals surface area contributed by atoms with E-state index in [0.29, 0.717) is 12.8 Å². The molecular weight excluding hydrogens is 324 g/mol. The van der Waals surface area contributed by atoms with Crippen LogP contribution in [0, 0.1) is 0 Å². The van der Waals surface area contributed by atoms with Gasteiger partial charge in [-0.05, 0) is 25.7 Å². The van der Waals surface area contributed by atoms with Crippen molar-refractivity contribution in [2.24, 2.45) is 0 Å². The lowest BCUT2D eigenvalue weighted by Crippen LogP contribution is -2.48. The van der Waals surface area contributed by atoms with Crippen LogP contribution in [0.25, 0.3) is 0 Å². The molecule has 0 aromatic carbocycles. The summed E-state index contributed by atoms with van der Waals surface area (Å²) < 4.78 is 0. The second-order valence-corrected chi connectivity index (χ2v) is 7.00. The maximum Gasteiger partial charge on any atom is 0.325 e. The van der Waals surface area contributed by atoms with Gasteiger partial charge in [-0.25, -0.2) is 4.79 Å². The first-order valence-corrected chi connectivity index (χ1v) is 9.00. The van der Waals surface area contributed by atoms with Gasteiger partial charge in [-0.15, -0.1) is 0 Å². The molecule has 1 saturated heterocycles. The number of hydrogen-bond acceptors (Lipinski definition) is 4. The monoisotopic (exact) mass is 352 g/mol. The van der Waals surface area contributed by atoms with Crippen molar-refractivity contribution in [2.75, 3.05) is 20.1 Å². The van der Waals surface area contributed by atoms with Crippen molar-refractivity contribution < 1.29 is 19.2 Å². The molecule has 0 aromatic heterocycles. The summed E-state index contributed by atoms with van der Waals surface area (Å²) in [5, 5.41) is 5.58. The van der Waals surface area contributed by atoms with Crippen LogP contribution in [0.4, 0.5) is 4.79 Å². The lowest BCUT2D eigenvalue weighted by molar-refractivity contribution is -0.140. The van der Waals surface area contributed by atoms with Gasteiger partial charge in [-0.2, -0.15) is 0 Å². The minimum absolute atomic E-state index is 0.0754. The van der Waals surface area contributed by atoms with Crippen LogP contribution in [0.15, 0.2) is 0 Å². The summed E-state index contributed by atoms with van der Waals surface area (Å²) in [6.45, 7) is 3.49. The molecule has 1 aliphatic carbocycles. The van der Waals surface area contributed by atoms with Crippen LogP contribution in [0.3, 0.4) is 0 Å². The van der Waals surface area contributed by atoms with Crippen molar-refractivity contribution in [2.45, 2.75) is 64.0 Å². The van der Waals surface area contributed by atoms with Crippen molar-refractivity contribution in [1.29, 1.82) is 0 Å². The number of imide groups is 1. The molecule has 2 N–H and O–H groups in total. The number of hydrogen-bond donors (Lipinski definition) is 2. The molecule has 1 aliphatic heterocycles. The smallest absolute Gasteiger partial charge is 0.325 e. The van der Waals surface area contributed by atoms with Gasteiger partial charge in [0.2, 0.25) is 11.8 Å².